The lowest BCUT2D eigenvalue weighted by Gasteiger charge is -2.24. The molecule has 0 aromatic heterocycles. The third kappa shape index (κ3) is 4.00. The van der Waals surface area contributed by atoms with E-state index in [0.717, 1.165) is 31.3 Å². The van der Waals surface area contributed by atoms with E-state index in [0.29, 0.717) is 0 Å². The average Bonchev–Trinajstić information content (AvgIpc) is 2.20. The molecule has 1 aromatic rings. The van der Waals surface area contributed by atoms with E-state index in [2.05, 4.69) is 4.90 Å². The molecule has 2 rings (SSSR count). The second-order valence-electron chi connectivity index (χ2n) is 4.86. The number of phenolic OH excluding ortho intramolecular Hbond substituents is 1. The maximum atomic E-state index is 13.1. The van der Waals surface area contributed by atoms with E-state index in [4.69, 9.17) is 0 Å². The van der Waals surface area contributed by atoms with Gasteiger partial charge in [0.2, 0.25) is 0 Å². The van der Waals surface area contributed by atoms with Crippen LogP contribution < -0.4 is 0 Å². The van der Waals surface area contributed by atoms with Crippen LogP contribution in [0.15, 0.2) is 18.2 Å². The van der Waals surface area contributed by atoms with Crippen molar-refractivity contribution in [2.24, 2.45) is 0 Å². The number of rotatable bonds is 2. The van der Waals surface area contributed by atoms with Gasteiger partial charge < -0.3 is 5.11 Å². The summed E-state index contributed by atoms with van der Waals surface area (Å²) in [5, 5.41) is 9.37. The van der Waals surface area contributed by atoms with Crippen molar-refractivity contribution in [3.8, 4) is 5.75 Å². The van der Waals surface area contributed by atoms with Gasteiger partial charge in [-0.2, -0.15) is 0 Å². The predicted molar refractivity (Wildman–Crippen MR) is 66.4 cm³/mol. The van der Waals surface area contributed by atoms with Crippen LogP contribution in [0.3, 0.4) is 0 Å². The van der Waals surface area contributed by atoms with E-state index in [1.807, 2.05) is 0 Å². The molecule has 0 unspecified atom stereocenters. The first-order chi connectivity index (χ1) is 8.24. The molecule has 1 aliphatic heterocycles. The van der Waals surface area contributed by atoms with Crippen molar-refractivity contribution in [3.63, 3.8) is 0 Å². The maximum absolute atomic E-state index is 13.1. The summed E-state index contributed by atoms with van der Waals surface area (Å²) in [6.45, 7) is 2.90. The molecule has 3 heteroatoms. The zero-order chi connectivity index (χ0) is 12.1. The molecule has 0 spiro atoms. The molecule has 0 amide bonds. The monoisotopic (exact) mass is 237 g/mol. The fraction of sp³-hybridized carbons (Fsp3) is 0.571. The maximum Gasteiger partial charge on any atom is 0.127 e. The normalized spacial score (nSPS) is 18.6. The average molecular weight is 237 g/mol. The van der Waals surface area contributed by atoms with Gasteiger partial charge in [0.25, 0.3) is 0 Å². The Balaban J connectivity index is 1.97. The van der Waals surface area contributed by atoms with Crippen molar-refractivity contribution >= 4 is 0 Å². The van der Waals surface area contributed by atoms with Crippen molar-refractivity contribution < 1.29 is 9.50 Å². The molecule has 0 radical (unpaired) electrons. The topological polar surface area (TPSA) is 23.5 Å². The molecule has 1 fully saturated rings. The predicted octanol–water partition coefficient (Wildman–Crippen LogP) is 3.30. The Morgan fingerprint density at radius 2 is 1.65 bits per heavy atom. The van der Waals surface area contributed by atoms with Crippen LogP contribution in [0.2, 0.25) is 0 Å². The lowest BCUT2D eigenvalue weighted by Crippen LogP contribution is -2.26. The summed E-state index contributed by atoms with van der Waals surface area (Å²) < 4.78 is 13.1. The lowest BCUT2D eigenvalue weighted by molar-refractivity contribution is 0.239. The van der Waals surface area contributed by atoms with Gasteiger partial charge in [0.1, 0.15) is 11.6 Å². The van der Waals surface area contributed by atoms with E-state index in [1.54, 1.807) is 6.07 Å². The quantitative estimate of drug-likeness (QED) is 0.853. The summed E-state index contributed by atoms with van der Waals surface area (Å²) in [4.78, 5) is 2.35. The highest BCUT2D eigenvalue weighted by molar-refractivity contribution is 5.28. The Morgan fingerprint density at radius 3 is 2.29 bits per heavy atom. The third-order valence-electron chi connectivity index (χ3n) is 3.30. The van der Waals surface area contributed by atoms with Crippen LogP contribution >= 0.6 is 0 Å². The zero-order valence-electron chi connectivity index (χ0n) is 10.2. The SMILES string of the molecule is Oc1cc(F)cc(CN2CCCCCCC2)c1. The molecule has 1 aliphatic rings. The first-order valence-electron chi connectivity index (χ1n) is 6.45. The van der Waals surface area contributed by atoms with Crippen LogP contribution in [0, 0.1) is 5.82 Å². The Morgan fingerprint density at radius 1 is 1.00 bits per heavy atom. The fourth-order valence-electron chi connectivity index (χ4n) is 2.45. The molecule has 17 heavy (non-hydrogen) atoms. The Kier molecular flexibility index (Phi) is 4.37. The molecule has 1 saturated heterocycles. The van der Waals surface area contributed by atoms with Crippen molar-refractivity contribution in [2.75, 3.05) is 13.1 Å². The van der Waals surface area contributed by atoms with Crippen molar-refractivity contribution in [2.45, 2.75) is 38.6 Å². The smallest absolute Gasteiger partial charge is 0.127 e. The van der Waals surface area contributed by atoms with E-state index in [-0.39, 0.29) is 11.6 Å². The number of aromatic hydroxyl groups is 1. The first-order valence-corrected chi connectivity index (χ1v) is 6.45. The van der Waals surface area contributed by atoms with Crippen molar-refractivity contribution in [1.82, 2.24) is 4.90 Å². The van der Waals surface area contributed by atoms with E-state index in [9.17, 15) is 9.50 Å². The second-order valence-corrected chi connectivity index (χ2v) is 4.86. The fourth-order valence-corrected chi connectivity index (χ4v) is 2.45. The summed E-state index contributed by atoms with van der Waals surface area (Å²) in [6, 6.07) is 4.32. The molecular formula is C14H20FNO. The number of nitrogens with zero attached hydrogens (tertiary/aromatic N) is 1. The standard InChI is InChI=1S/C14H20FNO/c15-13-8-12(9-14(17)10-13)11-16-6-4-2-1-3-5-7-16/h8-10,17H,1-7,11H2. The van der Waals surface area contributed by atoms with Gasteiger partial charge in [0.05, 0.1) is 0 Å². The van der Waals surface area contributed by atoms with Gasteiger partial charge in [0.15, 0.2) is 0 Å². The molecule has 0 saturated carbocycles. The van der Waals surface area contributed by atoms with Crippen LogP contribution in [0.1, 0.15) is 37.7 Å². The van der Waals surface area contributed by atoms with E-state index < -0.39 is 0 Å². The van der Waals surface area contributed by atoms with Crippen LogP contribution in [0.25, 0.3) is 0 Å². The summed E-state index contributed by atoms with van der Waals surface area (Å²) in [6.07, 6.45) is 6.38. The van der Waals surface area contributed by atoms with Crippen molar-refractivity contribution in [3.05, 3.63) is 29.6 Å². The van der Waals surface area contributed by atoms with Gasteiger partial charge >= 0.3 is 0 Å². The molecule has 1 heterocycles. The van der Waals surface area contributed by atoms with Crippen molar-refractivity contribution in [1.29, 1.82) is 0 Å². The molecule has 1 aromatic carbocycles. The molecule has 2 nitrogen and oxygen atoms in total. The molecule has 1 N–H and O–H groups in total. The van der Waals surface area contributed by atoms with Gasteiger partial charge in [-0.1, -0.05) is 19.3 Å². The highest BCUT2D eigenvalue weighted by atomic mass is 19.1. The van der Waals surface area contributed by atoms with Gasteiger partial charge in [-0.05, 0) is 43.6 Å². The van der Waals surface area contributed by atoms with Gasteiger partial charge in [-0.25, -0.2) is 4.39 Å². The van der Waals surface area contributed by atoms with Gasteiger partial charge in [-0.15, -0.1) is 0 Å². The Labute approximate surface area is 102 Å². The number of likely N-dealkylation sites (tertiary alicyclic amines) is 1. The first kappa shape index (κ1) is 12.4. The highest BCUT2D eigenvalue weighted by Crippen LogP contribution is 2.18. The number of phenols is 1. The molecular weight excluding hydrogens is 217 g/mol. The Bertz CT molecular complexity index is 339. The van der Waals surface area contributed by atoms with E-state index in [1.165, 1.54) is 38.2 Å². The summed E-state index contributed by atoms with van der Waals surface area (Å²) in [5.41, 5.74) is 0.864. The van der Waals surface area contributed by atoms with Crippen LogP contribution in [0.5, 0.6) is 5.75 Å². The minimum Gasteiger partial charge on any atom is -0.508 e. The summed E-state index contributed by atoms with van der Waals surface area (Å²) >= 11 is 0. The minimum absolute atomic E-state index is 0.0204. The number of hydrogen-bond donors (Lipinski definition) is 1. The summed E-state index contributed by atoms with van der Waals surface area (Å²) in [7, 11) is 0. The Hall–Kier alpha value is -1.09. The number of benzene rings is 1. The van der Waals surface area contributed by atoms with Gasteiger partial charge in [-0.3, -0.25) is 4.90 Å². The number of hydrogen-bond acceptors (Lipinski definition) is 2. The third-order valence-corrected chi connectivity index (χ3v) is 3.30. The zero-order valence-corrected chi connectivity index (χ0v) is 10.2. The summed E-state index contributed by atoms with van der Waals surface area (Å²) in [5.74, 6) is -0.334. The number of halogens is 1. The van der Waals surface area contributed by atoms with Gasteiger partial charge in [0, 0.05) is 12.6 Å². The molecule has 0 bridgehead atoms. The molecule has 0 aliphatic carbocycles. The highest BCUT2D eigenvalue weighted by Gasteiger charge is 2.09. The lowest BCUT2D eigenvalue weighted by atomic mass is 10.1. The minimum atomic E-state index is -0.355. The van der Waals surface area contributed by atoms with Crippen LogP contribution in [0.4, 0.5) is 4.39 Å². The van der Waals surface area contributed by atoms with Crippen LogP contribution in [-0.2, 0) is 6.54 Å². The largest absolute Gasteiger partial charge is 0.508 e. The molecule has 0 atom stereocenters. The van der Waals surface area contributed by atoms with Crippen LogP contribution in [-0.4, -0.2) is 23.1 Å². The molecule has 94 valence electrons. The van der Waals surface area contributed by atoms with E-state index >= 15 is 0 Å². The second kappa shape index (κ2) is 6.01.